The Morgan fingerprint density at radius 2 is 2.24 bits per heavy atom. The van der Waals surface area contributed by atoms with E-state index >= 15 is 0 Å². The molecular formula is C16H19N3O2. The van der Waals surface area contributed by atoms with Crippen molar-refractivity contribution in [2.45, 2.75) is 31.6 Å². The van der Waals surface area contributed by atoms with E-state index in [-0.39, 0.29) is 11.8 Å². The lowest BCUT2D eigenvalue weighted by Gasteiger charge is -2.21. The lowest BCUT2D eigenvalue weighted by atomic mass is 9.99. The minimum atomic E-state index is 0.0637. The van der Waals surface area contributed by atoms with Crippen LogP contribution >= 0.6 is 0 Å². The molecule has 5 heteroatoms. The van der Waals surface area contributed by atoms with Gasteiger partial charge in [0.1, 0.15) is 5.52 Å². The second-order valence-electron chi connectivity index (χ2n) is 6.04. The van der Waals surface area contributed by atoms with E-state index in [4.69, 9.17) is 4.42 Å². The molecule has 2 aliphatic rings. The number of hydrogen-bond acceptors (Lipinski definition) is 4. The van der Waals surface area contributed by atoms with E-state index in [1.165, 1.54) is 12.8 Å². The lowest BCUT2D eigenvalue weighted by Crippen LogP contribution is -2.37. The third-order valence-corrected chi connectivity index (χ3v) is 4.27. The van der Waals surface area contributed by atoms with Gasteiger partial charge in [-0.05, 0) is 50.4 Å². The van der Waals surface area contributed by atoms with Crippen LogP contribution in [0.15, 0.2) is 22.6 Å². The van der Waals surface area contributed by atoms with Gasteiger partial charge in [0.2, 0.25) is 5.91 Å². The van der Waals surface area contributed by atoms with E-state index in [9.17, 15) is 4.79 Å². The fourth-order valence-electron chi connectivity index (χ4n) is 2.85. The topological polar surface area (TPSA) is 67.2 Å². The van der Waals surface area contributed by atoms with Crippen molar-refractivity contribution < 1.29 is 9.21 Å². The number of oxazole rings is 1. The molecule has 0 spiro atoms. The van der Waals surface area contributed by atoms with Gasteiger partial charge < -0.3 is 15.1 Å². The number of hydrogen-bond donors (Lipinski definition) is 2. The van der Waals surface area contributed by atoms with E-state index in [1.54, 1.807) is 0 Å². The normalized spacial score (nSPS) is 22.4. The van der Waals surface area contributed by atoms with Crippen LogP contribution in [0.3, 0.4) is 0 Å². The molecule has 1 saturated carbocycles. The number of benzene rings is 1. The number of amides is 1. The summed E-state index contributed by atoms with van der Waals surface area (Å²) >= 11 is 0. The molecule has 1 aliphatic heterocycles. The Balaban J connectivity index is 1.51. The highest BCUT2D eigenvalue weighted by Gasteiger charge is 2.29. The summed E-state index contributed by atoms with van der Waals surface area (Å²) in [5.74, 6) is 1.50. The Labute approximate surface area is 123 Å². The highest BCUT2D eigenvalue weighted by molar-refractivity contribution is 5.94. The molecule has 0 bridgehead atoms. The highest BCUT2D eigenvalue weighted by atomic mass is 16.3. The summed E-state index contributed by atoms with van der Waals surface area (Å²) in [5.41, 5.74) is 2.43. The van der Waals surface area contributed by atoms with Gasteiger partial charge >= 0.3 is 0 Å². The number of nitrogens with one attached hydrogen (secondary N) is 2. The molecular weight excluding hydrogens is 266 g/mol. The van der Waals surface area contributed by atoms with Crippen molar-refractivity contribution in [2.24, 2.45) is 5.92 Å². The lowest BCUT2D eigenvalue weighted by molar-refractivity contribution is -0.120. The third-order valence-electron chi connectivity index (χ3n) is 4.27. The van der Waals surface area contributed by atoms with Gasteiger partial charge in [-0.3, -0.25) is 4.79 Å². The smallest absolute Gasteiger partial charge is 0.228 e. The van der Waals surface area contributed by atoms with Gasteiger partial charge in [0.25, 0.3) is 0 Å². The minimum Gasteiger partial charge on any atom is -0.440 e. The molecule has 1 saturated heterocycles. The van der Waals surface area contributed by atoms with Crippen LogP contribution in [-0.2, 0) is 4.79 Å². The summed E-state index contributed by atoms with van der Waals surface area (Å²) in [7, 11) is 0. The van der Waals surface area contributed by atoms with Crippen molar-refractivity contribution in [3.8, 4) is 0 Å². The van der Waals surface area contributed by atoms with E-state index in [0.717, 1.165) is 48.6 Å². The standard InChI is InChI=1S/C16H19N3O2/c20-15(11-2-1-7-17-9-11)18-12-5-6-14-13(8-12)19-16(21-14)10-3-4-10/h5-6,8,10-11,17H,1-4,7,9H2,(H,18,20). The van der Waals surface area contributed by atoms with Crippen LogP contribution in [0.5, 0.6) is 0 Å². The first-order valence-corrected chi connectivity index (χ1v) is 7.72. The third kappa shape index (κ3) is 2.65. The molecule has 21 heavy (non-hydrogen) atoms. The summed E-state index contributed by atoms with van der Waals surface area (Å²) in [6, 6.07) is 5.68. The van der Waals surface area contributed by atoms with Crippen molar-refractivity contribution in [1.29, 1.82) is 0 Å². The Morgan fingerprint density at radius 1 is 1.33 bits per heavy atom. The number of rotatable bonds is 3. The summed E-state index contributed by atoms with van der Waals surface area (Å²) in [6.45, 7) is 1.78. The molecule has 4 rings (SSSR count). The second kappa shape index (κ2) is 5.15. The van der Waals surface area contributed by atoms with Crippen LogP contribution in [0.25, 0.3) is 11.1 Å². The summed E-state index contributed by atoms with van der Waals surface area (Å²) in [5, 5.41) is 6.26. The predicted molar refractivity (Wildman–Crippen MR) is 80.2 cm³/mol. The molecule has 0 radical (unpaired) electrons. The molecule has 1 aromatic carbocycles. The fourth-order valence-corrected chi connectivity index (χ4v) is 2.85. The summed E-state index contributed by atoms with van der Waals surface area (Å²) in [6.07, 6.45) is 4.36. The molecule has 1 aromatic heterocycles. The number of carbonyl (C=O) groups excluding carboxylic acids is 1. The van der Waals surface area contributed by atoms with Crippen LogP contribution in [0.1, 0.15) is 37.5 Å². The zero-order valence-corrected chi connectivity index (χ0v) is 11.9. The first-order valence-electron chi connectivity index (χ1n) is 7.72. The first-order chi connectivity index (χ1) is 10.3. The number of anilines is 1. The average Bonchev–Trinajstić information content (AvgIpc) is 3.28. The van der Waals surface area contributed by atoms with Crippen molar-refractivity contribution in [3.63, 3.8) is 0 Å². The van der Waals surface area contributed by atoms with Crippen LogP contribution in [0, 0.1) is 5.92 Å². The van der Waals surface area contributed by atoms with Gasteiger partial charge in [0.15, 0.2) is 11.5 Å². The zero-order chi connectivity index (χ0) is 14.2. The van der Waals surface area contributed by atoms with Crippen molar-refractivity contribution >= 4 is 22.7 Å². The van der Waals surface area contributed by atoms with Crippen molar-refractivity contribution in [2.75, 3.05) is 18.4 Å². The molecule has 1 amide bonds. The van der Waals surface area contributed by atoms with E-state index < -0.39 is 0 Å². The number of piperidine rings is 1. The van der Waals surface area contributed by atoms with Gasteiger partial charge in [0.05, 0.1) is 5.92 Å². The fraction of sp³-hybridized carbons (Fsp3) is 0.500. The monoisotopic (exact) mass is 285 g/mol. The average molecular weight is 285 g/mol. The van der Waals surface area contributed by atoms with E-state index in [1.807, 2.05) is 18.2 Å². The van der Waals surface area contributed by atoms with E-state index in [2.05, 4.69) is 15.6 Å². The van der Waals surface area contributed by atoms with Gasteiger partial charge in [-0.2, -0.15) is 0 Å². The maximum absolute atomic E-state index is 12.2. The number of nitrogens with zero attached hydrogens (tertiary/aromatic N) is 1. The maximum atomic E-state index is 12.2. The molecule has 1 atom stereocenters. The molecule has 2 aromatic rings. The molecule has 1 unspecified atom stereocenters. The largest absolute Gasteiger partial charge is 0.440 e. The Hall–Kier alpha value is -1.88. The first kappa shape index (κ1) is 12.8. The summed E-state index contributed by atoms with van der Waals surface area (Å²) < 4.78 is 5.73. The molecule has 2 fully saturated rings. The molecule has 1 aliphatic carbocycles. The van der Waals surface area contributed by atoms with Gasteiger partial charge in [-0.1, -0.05) is 0 Å². The van der Waals surface area contributed by atoms with Crippen LogP contribution in [0.2, 0.25) is 0 Å². The van der Waals surface area contributed by atoms with Crippen LogP contribution in [-0.4, -0.2) is 24.0 Å². The summed E-state index contributed by atoms with van der Waals surface area (Å²) in [4.78, 5) is 16.8. The maximum Gasteiger partial charge on any atom is 0.228 e. The Bertz CT molecular complexity index is 669. The zero-order valence-electron chi connectivity index (χ0n) is 11.9. The van der Waals surface area contributed by atoms with Crippen LogP contribution in [0.4, 0.5) is 5.69 Å². The van der Waals surface area contributed by atoms with Crippen LogP contribution < -0.4 is 10.6 Å². The van der Waals surface area contributed by atoms with Crippen molar-refractivity contribution in [3.05, 3.63) is 24.1 Å². The molecule has 110 valence electrons. The van der Waals surface area contributed by atoms with E-state index in [0.29, 0.717) is 5.92 Å². The Kier molecular flexibility index (Phi) is 3.15. The van der Waals surface area contributed by atoms with Crippen molar-refractivity contribution in [1.82, 2.24) is 10.3 Å². The number of fused-ring (bicyclic) bond motifs is 1. The quantitative estimate of drug-likeness (QED) is 0.909. The predicted octanol–water partition coefficient (Wildman–Crippen LogP) is 2.64. The molecule has 2 heterocycles. The molecule has 2 N–H and O–H groups in total. The van der Waals surface area contributed by atoms with Gasteiger partial charge in [-0.25, -0.2) is 4.98 Å². The van der Waals surface area contributed by atoms with Gasteiger partial charge in [-0.15, -0.1) is 0 Å². The Morgan fingerprint density at radius 3 is 3.00 bits per heavy atom. The number of carbonyl (C=O) groups is 1. The second-order valence-corrected chi connectivity index (χ2v) is 6.04. The number of aromatic nitrogens is 1. The highest BCUT2D eigenvalue weighted by Crippen LogP contribution is 2.40. The van der Waals surface area contributed by atoms with Gasteiger partial charge in [0, 0.05) is 18.2 Å². The minimum absolute atomic E-state index is 0.0637. The SMILES string of the molecule is O=C(Nc1ccc2oc(C3CC3)nc2c1)C1CCCNC1. The molecule has 5 nitrogen and oxygen atoms in total.